The van der Waals surface area contributed by atoms with Crippen LogP contribution in [0.15, 0.2) is 0 Å². The third-order valence-electron chi connectivity index (χ3n) is 5.11. The van der Waals surface area contributed by atoms with Crippen LogP contribution < -0.4 is 5.32 Å². The fourth-order valence-corrected chi connectivity index (χ4v) is 3.47. The van der Waals surface area contributed by atoms with Gasteiger partial charge in [-0.3, -0.25) is 0 Å². The van der Waals surface area contributed by atoms with Crippen LogP contribution in [0.2, 0.25) is 0 Å². The lowest BCUT2D eigenvalue weighted by Crippen LogP contribution is -2.46. The van der Waals surface area contributed by atoms with Gasteiger partial charge >= 0.3 is 0 Å². The van der Waals surface area contributed by atoms with E-state index >= 15 is 0 Å². The first-order chi connectivity index (χ1) is 9.00. The molecule has 1 heterocycles. The summed E-state index contributed by atoms with van der Waals surface area (Å²) in [5, 5.41) is 3.78. The van der Waals surface area contributed by atoms with Crippen LogP contribution in [0.5, 0.6) is 0 Å². The molecule has 0 aromatic carbocycles. The molecule has 112 valence electrons. The average Bonchev–Trinajstić information content (AvgIpc) is 3.18. The second-order valence-corrected chi connectivity index (χ2v) is 7.84. The summed E-state index contributed by atoms with van der Waals surface area (Å²) in [4.78, 5) is 2.72. The molecular weight excluding hydrogens is 232 g/mol. The van der Waals surface area contributed by atoms with Gasteiger partial charge in [0.15, 0.2) is 0 Å². The van der Waals surface area contributed by atoms with Crippen molar-refractivity contribution in [1.29, 1.82) is 0 Å². The maximum Gasteiger partial charge on any atom is 0.0223 e. The van der Waals surface area contributed by atoms with E-state index in [1.54, 1.807) is 0 Å². The van der Waals surface area contributed by atoms with Crippen molar-refractivity contribution in [3.63, 3.8) is 0 Å². The summed E-state index contributed by atoms with van der Waals surface area (Å²) >= 11 is 0. The Morgan fingerprint density at radius 2 is 1.74 bits per heavy atom. The number of hydrogen-bond donors (Lipinski definition) is 1. The largest absolute Gasteiger partial charge is 0.312 e. The molecule has 19 heavy (non-hydrogen) atoms. The van der Waals surface area contributed by atoms with E-state index in [1.807, 2.05) is 0 Å². The van der Waals surface area contributed by atoms with Crippen LogP contribution in [-0.4, -0.2) is 37.1 Å². The molecule has 1 aliphatic heterocycles. The Balaban J connectivity index is 1.74. The van der Waals surface area contributed by atoms with Crippen LogP contribution in [0.4, 0.5) is 0 Å². The molecule has 2 heteroatoms. The van der Waals surface area contributed by atoms with Crippen molar-refractivity contribution < 1.29 is 0 Å². The molecule has 1 saturated carbocycles. The van der Waals surface area contributed by atoms with E-state index in [1.165, 1.54) is 58.3 Å². The van der Waals surface area contributed by atoms with Gasteiger partial charge in [0.1, 0.15) is 0 Å². The van der Waals surface area contributed by atoms with Gasteiger partial charge in [0.25, 0.3) is 0 Å². The minimum absolute atomic E-state index is 0.502. The predicted octanol–water partition coefficient (Wildman–Crippen LogP) is 3.52. The number of piperidine rings is 1. The molecule has 2 fully saturated rings. The number of nitrogens with zero attached hydrogens (tertiary/aromatic N) is 1. The van der Waals surface area contributed by atoms with Gasteiger partial charge in [-0.15, -0.1) is 0 Å². The molecule has 0 amide bonds. The van der Waals surface area contributed by atoms with E-state index < -0.39 is 0 Å². The molecule has 1 N–H and O–H groups in total. The Kier molecular flexibility index (Phi) is 5.30. The smallest absolute Gasteiger partial charge is 0.0223 e. The first-order valence-electron chi connectivity index (χ1n) is 8.46. The Morgan fingerprint density at radius 1 is 1.11 bits per heavy atom. The minimum atomic E-state index is 0.502. The Hall–Kier alpha value is -0.0800. The summed E-state index contributed by atoms with van der Waals surface area (Å²) in [7, 11) is 0. The number of rotatable bonds is 6. The molecule has 1 aliphatic carbocycles. The first kappa shape index (κ1) is 15.3. The Morgan fingerprint density at radius 3 is 2.21 bits per heavy atom. The monoisotopic (exact) mass is 266 g/mol. The van der Waals surface area contributed by atoms with E-state index in [9.17, 15) is 0 Å². The molecule has 2 rings (SSSR count). The molecule has 2 aliphatic rings. The highest BCUT2D eigenvalue weighted by Crippen LogP contribution is 2.36. The van der Waals surface area contributed by atoms with Crippen LogP contribution in [0.25, 0.3) is 0 Å². The standard InChI is InChI=1S/C17H34N2/c1-5-10-18-16(14-6-7-14)13-19-11-8-15(9-12-19)17(2,3)4/h14-16,18H,5-13H2,1-4H3. The maximum atomic E-state index is 3.78. The molecule has 0 spiro atoms. The van der Waals surface area contributed by atoms with Gasteiger partial charge in [-0.25, -0.2) is 0 Å². The van der Waals surface area contributed by atoms with Gasteiger partial charge in [-0.05, 0) is 69.0 Å². The predicted molar refractivity (Wildman–Crippen MR) is 83.4 cm³/mol. The lowest BCUT2D eigenvalue weighted by atomic mass is 9.75. The van der Waals surface area contributed by atoms with Gasteiger partial charge in [0, 0.05) is 12.6 Å². The topological polar surface area (TPSA) is 15.3 Å². The summed E-state index contributed by atoms with van der Waals surface area (Å²) in [6, 6.07) is 0.770. The number of hydrogen-bond acceptors (Lipinski definition) is 2. The van der Waals surface area contributed by atoms with E-state index in [-0.39, 0.29) is 0 Å². The third-order valence-corrected chi connectivity index (χ3v) is 5.11. The fourth-order valence-electron chi connectivity index (χ4n) is 3.47. The second-order valence-electron chi connectivity index (χ2n) is 7.84. The average molecular weight is 266 g/mol. The van der Waals surface area contributed by atoms with Crippen molar-refractivity contribution in [3.05, 3.63) is 0 Å². The molecule has 1 atom stereocenters. The quantitative estimate of drug-likeness (QED) is 0.791. The number of nitrogens with one attached hydrogen (secondary N) is 1. The molecule has 2 nitrogen and oxygen atoms in total. The number of likely N-dealkylation sites (tertiary alicyclic amines) is 1. The molecule has 0 aromatic heterocycles. The zero-order valence-electron chi connectivity index (χ0n) is 13.5. The van der Waals surface area contributed by atoms with Crippen LogP contribution in [0, 0.1) is 17.3 Å². The van der Waals surface area contributed by atoms with Gasteiger partial charge in [0.2, 0.25) is 0 Å². The van der Waals surface area contributed by atoms with E-state index in [0.717, 1.165) is 17.9 Å². The van der Waals surface area contributed by atoms with Crippen molar-refractivity contribution in [2.75, 3.05) is 26.2 Å². The first-order valence-corrected chi connectivity index (χ1v) is 8.46. The summed E-state index contributed by atoms with van der Waals surface area (Å²) < 4.78 is 0. The zero-order valence-corrected chi connectivity index (χ0v) is 13.5. The lowest BCUT2D eigenvalue weighted by molar-refractivity contribution is 0.103. The highest BCUT2D eigenvalue weighted by Gasteiger charge is 2.34. The SMILES string of the molecule is CCCNC(CN1CCC(C(C)(C)C)CC1)C1CC1. The summed E-state index contributed by atoms with van der Waals surface area (Å²) in [6.45, 7) is 14.6. The van der Waals surface area contributed by atoms with Crippen LogP contribution in [-0.2, 0) is 0 Å². The van der Waals surface area contributed by atoms with Gasteiger partial charge < -0.3 is 10.2 Å². The van der Waals surface area contributed by atoms with Crippen molar-refractivity contribution in [1.82, 2.24) is 10.2 Å². The van der Waals surface area contributed by atoms with Crippen LogP contribution >= 0.6 is 0 Å². The fraction of sp³-hybridized carbons (Fsp3) is 1.00. The molecular formula is C17H34N2. The molecule has 1 unspecified atom stereocenters. The Bertz CT molecular complexity index is 257. The second kappa shape index (κ2) is 6.58. The van der Waals surface area contributed by atoms with Crippen molar-refractivity contribution in [2.45, 2.75) is 65.8 Å². The third kappa shape index (κ3) is 4.75. The van der Waals surface area contributed by atoms with E-state index in [2.05, 4.69) is 37.9 Å². The highest BCUT2D eigenvalue weighted by atomic mass is 15.2. The van der Waals surface area contributed by atoms with Crippen LogP contribution in [0.3, 0.4) is 0 Å². The lowest BCUT2D eigenvalue weighted by Gasteiger charge is -2.40. The van der Waals surface area contributed by atoms with E-state index in [4.69, 9.17) is 0 Å². The summed E-state index contributed by atoms with van der Waals surface area (Å²) in [6.07, 6.45) is 6.97. The maximum absolute atomic E-state index is 3.78. The molecule has 0 aromatic rings. The highest BCUT2D eigenvalue weighted by molar-refractivity contribution is 4.90. The zero-order chi connectivity index (χ0) is 13.9. The van der Waals surface area contributed by atoms with Crippen molar-refractivity contribution >= 4 is 0 Å². The van der Waals surface area contributed by atoms with Gasteiger partial charge in [-0.1, -0.05) is 27.7 Å². The molecule has 1 saturated heterocycles. The minimum Gasteiger partial charge on any atom is -0.312 e. The summed E-state index contributed by atoms with van der Waals surface area (Å²) in [5.74, 6) is 1.90. The van der Waals surface area contributed by atoms with Gasteiger partial charge in [0.05, 0.1) is 0 Å². The van der Waals surface area contributed by atoms with Crippen LogP contribution in [0.1, 0.15) is 59.8 Å². The van der Waals surface area contributed by atoms with E-state index in [0.29, 0.717) is 5.41 Å². The Labute approximate surface area is 120 Å². The van der Waals surface area contributed by atoms with Crippen molar-refractivity contribution in [3.8, 4) is 0 Å². The molecule has 0 radical (unpaired) electrons. The van der Waals surface area contributed by atoms with Gasteiger partial charge in [-0.2, -0.15) is 0 Å². The normalized spacial score (nSPS) is 24.6. The summed E-state index contributed by atoms with van der Waals surface area (Å²) in [5.41, 5.74) is 0.502. The van der Waals surface area contributed by atoms with Crippen molar-refractivity contribution in [2.24, 2.45) is 17.3 Å². The molecule has 0 bridgehead atoms.